The van der Waals surface area contributed by atoms with Crippen molar-refractivity contribution in [3.8, 4) is 0 Å². The topological polar surface area (TPSA) is 92.3 Å². The van der Waals surface area contributed by atoms with E-state index in [2.05, 4.69) is 144 Å². The third kappa shape index (κ3) is 25.1. The summed E-state index contributed by atoms with van der Waals surface area (Å²) in [7, 11) is -30.5. The molecule has 295 valence electrons. The molecule has 0 aliphatic rings. The molecule has 0 rings (SSSR count). The van der Waals surface area contributed by atoms with Crippen molar-refractivity contribution in [2.24, 2.45) is 0 Å². The van der Waals surface area contributed by atoms with Gasteiger partial charge in [0.15, 0.2) is 67.3 Å². The van der Waals surface area contributed by atoms with E-state index in [1.807, 2.05) is 19.6 Å². The van der Waals surface area contributed by atoms with Crippen molar-refractivity contribution < 1.29 is 41.2 Å². The van der Waals surface area contributed by atoms with Crippen LogP contribution in [0.3, 0.4) is 0 Å². The summed E-state index contributed by atoms with van der Waals surface area (Å²) in [5.41, 5.74) is 0. The van der Waals surface area contributed by atoms with Crippen LogP contribution in [0.1, 0.15) is 0 Å². The van der Waals surface area contributed by atoms with Crippen LogP contribution in [0.5, 0.6) is 0 Å². The molecule has 22 heteroatoms. The smallest absolute Gasteiger partial charge is 0.456 e. The van der Waals surface area contributed by atoms with Crippen LogP contribution in [-0.4, -0.2) is 102 Å². The van der Waals surface area contributed by atoms with Crippen LogP contribution in [-0.2, 0) is 41.2 Å². The average molecular weight is 901 g/mol. The second kappa shape index (κ2) is 17.6. The molecule has 0 atom stereocenters. The molecule has 0 amide bonds. The standard InChI is InChI=1S/C27H79O10Si12/c1-38(2)28-45(21,22)26-27-49(35-46(23,29-39(3,4)5)30-40(6,7)8,36-47(24,31-41(9,10)11)32-42(12,13)14)37-48(25,33-43(15,16)17)34-44(18,19)20/h26-27H2,1-25H3. The predicted octanol–water partition coefficient (Wildman–Crippen LogP) is 10.3. The highest BCUT2D eigenvalue weighted by molar-refractivity contribution is 6.95. The van der Waals surface area contributed by atoms with Crippen molar-refractivity contribution in [3.05, 3.63) is 0 Å². The Morgan fingerprint density at radius 2 is 0.510 bits per heavy atom. The van der Waals surface area contributed by atoms with E-state index in [0.29, 0.717) is 6.04 Å². The summed E-state index contributed by atoms with van der Waals surface area (Å²) < 4.78 is 71.5. The van der Waals surface area contributed by atoms with Crippen molar-refractivity contribution in [2.75, 3.05) is 0 Å². The fraction of sp³-hybridized carbons (Fsp3) is 1.00. The van der Waals surface area contributed by atoms with Gasteiger partial charge in [0, 0.05) is 25.7 Å². The first-order valence-corrected chi connectivity index (χ1v) is 52.4. The van der Waals surface area contributed by atoms with Gasteiger partial charge < -0.3 is 41.2 Å². The fourth-order valence-corrected chi connectivity index (χ4v) is 55.3. The van der Waals surface area contributed by atoms with E-state index in [0.717, 1.165) is 6.04 Å². The molecule has 0 N–H and O–H groups in total. The van der Waals surface area contributed by atoms with E-state index >= 15 is 0 Å². The lowest BCUT2D eigenvalue weighted by atomic mass is 10.9. The molecule has 0 heterocycles. The highest BCUT2D eigenvalue weighted by Crippen LogP contribution is 2.38. The molecular weight excluding hydrogens is 821 g/mol. The highest BCUT2D eigenvalue weighted by atomic mass is 28.6. The SMILES string of the molecule is C[Si](C)O[Si](C)(C)CC[Si](O[Si](C)(O[Si](C)(C)C)O[Si](C)(C)C)(O[Si](C)(O[Si](C)(C)C)O[Si](C)(C)C)O[Si](C)(O[Si](C)(C)C)O[Si](C)(C)C. The summed E-state index contributed by atoms with van der Waals surface area (Å²) in [6, 6.07) is 1.25. The van der Waals surface area contributed by atoms with Gasteiger partial charge >= 0.3 is 35.2 Å². The van der Waals surface area contributed by atoms with E-state index in [9.17, 15) is 0 Å². The Labute approximate surface area is 317 Å². The molecule has 0 aliphatic heterocycles. The van der Waals surface area contributed by atoms with Crippen LogP contribution < -0.4 is 0 Å². The van der Waals surface area contributed by atoms with Crippen molar-refractivity contribution in [2.45, 2.75) is 176 Å². The summed E-state index contributed by atoms with van der Waals surface area (Å²) in [4.78, 5) is 0. The van der Waals surface area contributed by atoms with Gasteiger partial charge in [0.25, 0.3) is 0 Å². The lowest BCUT2D eigenvalue weighted by molar-refractivity contribution is 0.121. The first kappa shape index (κ1) is 51.2. The van der Waals surface area contributed by atoms with Gasteiger partial charge in [0.2, 0.25) is 0 Å². The summed E-state index contributed by atoms with van der Waals surface area (Å²) in [5, 5.41) is 0. The van der Waals surface area contributed by atoms with Crippen molar-refractivity contribution in [1.82, 2.24) is 0 Å². The Bertz CT molecular complexity index is 871. The molecule has 0 unspecified atom stereocenters. The van der Waals surface area contributed by atoms with Crippen LogP contribution >= 0.6 is 0 Å². The average Bonchev–Trinajstić information content (AvgIpc) is 2.60. The zero-order chi connectivity index (χ0) is 39.6. The van der Waals surface area contributed by atoms with Crippen LogP contribution in [0.4, 0.5) is 0 Å². The molecule has 10 nitrogen and oxygen atoms in total. The summed E-state index contributed by atoms with van der Waals surface area (Å²) in [6.45, 7) is 54.3. The Hall–Kier alpha value is 2.20. The van der Waals surface area contributed by atoms with Gasteiger partial charge in [-0.15, -0.1) is 0 Å². The normalized spacial score (nSPS) is 15.8. The van der Waals surface area contributed by atoms with Crippen molar-refractivity contribution in [3.63, 3.8) is 0 Å². The minimum absolute atomic E-state index is 0.494. The lowest BCUT2D eigenvalue weighted by Gasteiger charge is -2.49. The molecule has 0 aromatic rings. The van der Waals surface area contributed by atoms with Crippen LogP contribution in [0, 0.1) is 0 Å². The molecule has 1 radical (unpaired) electrons. The van der Waals surface area contributed by atoms with Gasteiger partial charge in [0.1, 0.15) is 0 Å². The molecule has 0 aromatic heterocycles. The minimum atomic E-state index is -3.93. The lowest BCUT2D eigenvalue weighted by Crippen LogP contribution is -2.71. The Kier molecular flexibility index (Phi) is 18.3. The first-order chi connectivity index (χ1) is 21.0. The van der Waals surface area contributed by atoms with E-state index in [1.165, 1.54) is 0 Å². The van der Waals surface area contributed by atoms with Crippen molar-refractivity contribution >= 4 is 102 Å². The van der Waals surface area contributed by atoms with Crippen molar-refractivity contribution in [1.29, 1.82) is 0 Å². The van der Waals surface area contributed by atoms with E-state index in [-0.39, 0.29) is 0 Å². The van der Waals surface area contributed by atoms with Crippen LogP contribution in [0.2, 0.25) is 176 Å². The second-order valence-corrected chi connectivity index (χ2v) is 66.5. The molecule has 0 bridgehead atoms. The van der Waals surface area contributed by atoms with Gasteiger partial charge in [-0.05, 0) is 150 Å². The molecule has 0 saturated heterocycles. The Morgan fingerprint density at radius 1 is 0.306 bits per heavy atom. The van der Waals surface area contributed by atoms with E-state index in [4.69, 9.17) is 41.2 Å². The number of rotatable bonds is 23. The highest BCUT2D eigenvalue weighted by Gasteiger charge is 2.63. The predicted molar refractivity (Wildman–Crippen MR) is 236 cm³/mol. The number of hydrogen-bond acceptors (Lipinski definition) is 10. The quantitative estimate of drug-likeness (QED) is 0.0924. The number of hydrogen-bond donors (Lipinski definition) is 0. The Balaban J connectivity index is 8.14. The molecular formula is C27H79O10Si12. The summed E-state index contributed by atoms with van der Waals surface area (Å²) in [6.07, 6.45) is 0. The van der Waals surface area contributed by atoms with Crippen LogP contribution in [0.15, 0.2) is 0 Å². The fourth-order valence-electron chi connectivity index (χ4n) is 5.65. The zero-order valence-corrected chi connectivity index (χ0v) is 48.5. The molecule has 0 aliphatic carbocycles. The third-order valence-electron chi connectivity index (χ3n) is 5.49. The maximum Gasteiger partial charge on any atom is 0.478 e. The maximum atomic E-state index is 7.57. The Morgan fingerprint density at radius 3 is 0.673 bits per heavy atom. The largest absolute Gasteiger partial charge is 0.478 e. The summed E-state index contributed by atoms with van der Waals surface area (Å²) >= 11 is 0. The van der Waals surface area contributed by atoms with E-state index in [1.54, 1.807) is 0 Å². The minimum Gasteiger partial charge on any atom is -0.456 e. The molecule has 49 heavy (non-hydrogen) atoms. The molecule has 0 fully saturated rings. The van der Waals surface area contributed by atoms with Crippen LogP contribution in [0.25, 0.3) is 0 Å². The molecule has 0 saturated carbocycles. The zero-order valence-electron chi connectivity index (χ0n) is 36.5. The first-order valence-electron chi connectivity index (χ1n) is 17.8. The van der Waals surface area contributed by atoms with Gasteiger partial charge in [-0.1, -0.05) is 0 Å². The summed E-state index contributed by atoms with van der Waals surface area (Å²) in [5.74, 6) is 0. The molecule has 0 aromatic carbocycles. The molecule has 0 spiro atoms. The maximum absolute atomic E-state index is 7.57. The van der Waals surface area contributed by atoms with E-state index < -0.39 is 102 Å². The van der Waals surface area contributed by atoms with Gasteiger partial charge in [-0.25, -0.2) is 0 Å². The monoisotopic (exact) mass is 899 g/mol. The van der Waals surface area contributed by atoms with Gasteiger partial charge in [-0.3, -0.25) is 0 Å². The second-order valence-electron chi connectivity index (χ2n) is 20.1. The van der Waals surface area contributed by atoms with Gasteiger partial charge in [-0.2, -0.15) is 0 Å². The third-order valence-corrected chi connectivity index (χ3v) is 43.9. The van der Waals surface area contributed by atoms with Gasteiger partial charge in [0.05, 0.1) is 0 Å².